The van der Waals surface area contributed by atoms with E-state index in [-0.39, 0.29) is 0 Å². The molecule has 1 aliphatic rings. The molecule has 0 bridgehead atoms. The van der Waals surface area contributed by atoms with Crippen LogP contribution in [0.2, 0.25) is 0 Å². The van der Waals surface area contributed by atoms with Crippen molar-refractivity contribution in [1.82, 2.24) is 5.32 Å². The van der Waals surface area contributed by atoms with Crippen molar-refractivity contribution in [3.8, 4) is 6.07 Å². The number of nitrogens with one attached hydrogen (secondary N) is 1. The number of nitrogens with zero attached hydrogens (tertiary/aromatic N) is 2. The van der Waals surface area contributed by atoms with E-state index in [0.29, 0.717) is 6.04 Å². The van der Waals surface area contributed by atoms with Crippen molar-refractivity contribution in [2.24, 2.45) is 0 Å². The highest BCUT2D eigenvalue weighted by Gasteiger charge is 2.29. The van der Waals surface area contributed by atoms with Crippen LogP contribution in [0.3, 0.4) is 0 Å². The Kier molecular flexibility index (Phi) is 4.11. The van der Waals surface area contributed by atoms with Gasteiger partial charge in [0.2, 0.25) is 0 Å². The van der Waals surface area contributed by atoms with Crippen LogP contribution in [0, 0.1) is 11.3 Å². The fraction of sp³-hybridized carbons (Fsp3) is 0.562. The molecule has 102 valence electrons. The van der Waals surface area contributed by atoms with E-state index in [9.17, 15) is 5.26 Å². The van der Waals surface area contributed by atoms with Gasteiger partial charge < -0.3 is 4.90 Å². The van der Waals surface area contributed by atoms with Gasteiger partial charge in [-0.3, -0.25) is 5.32 Å². The second-order valence-electron chi connectivity index (χ2n) is 5.60. The quantitative estimate of drug-likeness (QED) is 0.881. The van der Waals surface area contributed by atoms with Crippen LogP contribution in [0.25, 0.3) is 0 Å². The van der Waals surface area contributed by atoms with Gasteiger partial charge in [0.1, 0.15) is 5.54 Å². The highest BCUT2D eigenvalue weighted by molar-refractivity contribution is 5.59. The first-order valence-corrected chi connectivity index (χ1v) is 7.10. The molecule has 0 fully saturated rings. The highest BCUT2D eigenvalue weighted by Crippen LogP contribution is 2.32. The van der Waals surface area contributed by atoms with E-state index in [1.807, 2.05) is 13.8 Å². The summed E-state index contributed by atoms with van der Waals surface area (Å²) < 4.78 is 0. The summed E-state index contributed by atoms with van der Waals surface area (Å²) in [6.07, 6.45) is 1.96. The monoisotopic (exact) mass is 257 g/mol. The SMILES string of the molecule is CCNC(C)(C#N)CCN1c2ccccc2CC1C. The molecule has 0 aliphatic carbocycles. The third-order valence-electron chi connectivity index (χ3n) is 4.01. The molecule has 1 heterocycles. The van der Waals surface area contributed by atoms with Crippen molar-refractivity contribution in [2.75, 3.05) is 18.0 Å². The van der Waals surface area contributed by atoms with Gasteiger partial charge in [0.05, 0.1) is 6.07 Å². The average molecular weight is 257 g/mol. The van der Waals surface area contributed by atoms with Gasteiger partial charge in [-0.1, -0.05) is 25.1 Å². The summed E-state index contributed by atoms with van der Waals surface area (Å²) in [6.45, 7) is 8.05. The highest BCUT2D eigenvalue weighted by atomic mass is 15.2. The number of benzene rings is 1. The molecule has 1 aliphatic heterocycles. The molecule has 0 spiro atoms. The molecule has 3 heteroatoms. The molecule has 0 amide bonds. The zero-order chi connectivity index (χ0) is 13.9. The maximum atomic E-state index is 9.32. The number of nitriles is 1. The van der Waals surface area contributed by atoms with Gasteiger partial charge in [0.15, 0.2) is 0 Å². The first kappa shape index (κ1) is 13.9. The standard InChI is InChI=1S/C16H23N3/c1-4-18-16(3,12-17)9-10-19-13(2)11-14-7-5-6-8-15(14)19/h5-8,13,18H,4,9-11H2,1-3H3. The molecule has 2 atom stereocenters. The van der Waals surface area contributed by atoms with Crippen molar-refractivity contribution in [2.45, 2.75) is 45.2 Å². The van der Waals surface area contributed by atoms with Crippen LogP contribution in [0.15, 0.2) is 24.3 Å². The van der Waals surface area contributed by atoms with Gasteiger partial charge in [-0.2, -0.15) is 5.26 Å². The minimum absolute atomic E-state index is 0.425. The topological polar surface area (TPSA) is 39.1 Å². The predicted octanol–water partition coefficient (Wildman–Crippen LogP) is 2.72. The maximum Gasteiger partial charge on any atom is 0.105 e. The molecule has 0 aromatic heterocycles. The van der Waals surface area contributed by atoms with Crippen molar-refractivity contribution >= 4 is 5.69 Å². The van der Waals surface area contributed by atoms with E-state index in [4.69, 9.17) is 0 Å². The van der Waals surface area contributed by atoms with Crippen LogP contribution in [0.5, 0.6) is 0 Å². The smallest absolute Gasteiger partial charge is 0.105 e. The molecule has 2 unspecified atom stereocenters. The number of para-hydroxylation sites is 1. The van der Waals surface area contributed by atoms with E-state index >= 15 is 0 Å². The first-order valence-electron chi connectivity index (χ1n) is 7.10. The van der Waals surface area contributed by atoms with E-state index < -0.39 is 5.54 Å². The van der Waals surface area contributed by atoms with Crippen LogP contribution in [-0.2, 0) is 6.42 Å². The lowest BCUT2D eigenvalue weighted by Crippen LogP contribution is -2.44. The Balaban J connectivity index is 2.06. The van der Waals surface area contributed by atoms with Crippen LogP contribution in [-0.4, -0.2) is 24.7 Å². The van der Waals surface area contributed by atoms with Crippen LogP contribution >= 0.6 is 0 Å². The Morgan fingerprint density at radius 1 is 1.47 bits per heavy atom. The minimum atomic E-state index is -0.425. The molecule has 1 aromatic rings. The summed E-state index contributed by atoms with van der Waals surface area (Å²) in [5, 5.41) is 12.6. The largest absolute Gasteiger partial charge is 0.368 e. The molecule has 0 saturated heterocycles. The Hall–Kier alpha value is -1.53. The fourth-order valence-corrected chi connectivity index (χ4v) is 2.89. The summed E-state index contributed by atoms with van der Waals surface area (Å²) in [4.78, 5) is 2.43. The van der Waals surface area contributed by atoms with E-state index in [0.717, 1.165) is 25.9 Å². The van der Waals surface area contributed by atoms with Crippen LogP contribution in [0.4, 0.5) is 5.69 Å². The predicted molar refractivity (Wildman–Crippen MR) is 79.3 cm³/mol. The van der Waals surface area contributed by atoms with Gasteiger partial charge in [-0.15, -0.1) is 0 Å². The Bertz CT molecular complexity index is 477. The van der Waals surface area contributed by atoms with E-state index in [1.165, 1.54) is 11.3 Å². The van der Waals surface area contributed by atoms with Gasteiger partial charge in [0.25, 0.3) is 0 Å². The van der Waals surface area contributed by atoms with Crippen molar-refractivity contribution in [3.63, 3.8) is 0 Å². The molecule has 1 N–H and O–H groups in total. The summed E-state index contributed by atoms with van der Waals surface area (Å²) in [5.74, 6) is 0. The lowest BCUT2D eigenvalue weighted by Gasteiger charge is -2.30. The molecule has 2 rings (SSSR count). The van der Waals surface area contributed by atoms with Crippen molar-refractivity contribution in [1.29, 1.82) is 5.26 Å². The van der Waals surface area contributed by atoms with Gasteiger partial charge in [0, 0.05) is 18.3 Å². The first-order chi connectivity index (χ1) is 9.09. The molecule has 19 heavy (non-hydrogen) atoms. The lowest BCUT2D eigenvalue weighted by atomic mass is 9.99. The molecule has 3 nitrogen and oxygen atoms in total. The summed E-state index contributed by atoms with van der Waals surface area (Å²) >= 11 is 0. The normalized spacial score (nSPS) is 20.7. The summed E-state index contributed by atoms with van der Waals surface area (Å²) in [5.41, 5.74) is 2.34. The second kappa shape index (κ2) is 5.63. The zero-order valence-electron chi connectivity index (χ0n) is 12.1. The average Bonchev–Trinajstić information content (AvgIpc) is 2.72. The number of hydrogen-bond acceptors (Lipinski definition) is 3. The van der Waals surface area contributed by atoms with Gasteiger partial charge in [-0.05, 0) is 44.9 Å². The van der Waals surface area contributed by atoms with E-state index in [1.54, 1.807) is 0 Å². The van der Waals surface area contributed by atoms with Gasteiger partial charge >= 0.3 is 0 Å². The number of anilines is 1. The third-order valence-corrected chi connectivity index (χ3v) is 4.01. The number of rotatable bonds is 5. The summed E-state index contributed by atoms with van der Waals surface area (Å²) in [7, 11) is 0. The molecule has 0 radical (unpaired) electrons. The van der Waals surface area contributed by atoms with Crippen LogP contribution in [0.1, 0.15) is 32.8 Å². The van der Waals surface area contributed by atoms with Crippen molar-refractivity contribution < 1.29 is 0 Å². The molecule has 0 saturated carbocycles. The lowest BCUT2D eigenvalue weighted by molar-refractivity contribution is 0.424. The fourth-order valence-electron chi connectivity index (χ4n) is 2.89. The van der Waals surface area contributed by atoms with Crippen molar-refractivity contribution in [3.05, 3.63) is 29.8 Å². The third kappa shape index (κ3) is 2.90. The summed E-state index contributed by atoms with van der Waals surface area (Å²) in [6, 6.07) is 11.5. The minimum Gasteiger partial charge on any atom is -0.368 e. The van der Waals surface area contributed by atoms with E-state index in [2.05, 4.69) is 47.5 Å². The maximum absolute atomic E-state index is 9.32. The van der Waals surface area contributed by atoms with Gasteiger partial charge in [-0.25, -0.2) is 0 Å². The Morgan fingerprint density at radius 2 is 2.21 bits per heavy atom. The number of fused-ring (bicyclic) bond motifs is 1. The molecular formula is C16H23N3. The Morgan fingerprint density at radius 3 is 2.89 bits per heavy atom. The Labute approximate surface area is 116 Å². The molecule has 1 aromatic carbocycles. The number of hydrogen-bond donors (Lipinski definition) is 1. The molecular weight excluding hydrogens is 234 g/mol. The van der Waals surface area contributed by atoms with Crippen LogP contribution < -0.4 is 10.2 Å². The zero-order valence-corrected chi connectivity index (χ0v) is 12.1. The second-order valence-corrected chi connectivity index (χ2v) is 5.60.